The molecule has 1 atom stereocenters. The molecular weight excluding hydrogens is 271 g/mol. The minimum absolute atomic E-state index is 0.0410. The van der Waals surface area contributed by atoms with E-state index in [4.69, 9.17) is 5.73 Å². The molecule has 0 radical (unpaired) electrons. The van der Waals surface area contributed by atoms with Crippen LogP contribution in [0.25, 0.3) is 0 Å². The molecule has 0 aliphatic carbocycles. The highest BCUT2D eigenvalue weighted by atomic mass is 19.4. The van der Waals surface area contributed by atoms with Gasteiger partial charge < -0.3 is 11.1 Å². The van der Waals surface area contributed by atoms with Gasteiger partial charge in [-0.2, -0.15) is 13.2 Å². The first-order valence-corrected chi connectivity index (χ1v) is 6.30. The van der Waals surface area contributed by atoms with Crippen LogP contribution in [0.4, 0.5) is 13.2 Å². The van der Waals surface area contributed by atoms with Crippen molar-refractivity contribution >= 4 is 5.91 Å². The monoisotopic (exact) mass is 289 g/mol. The molecular formula is C13H18F3N3O. The molecule has 1 unspecified atom stereocenters. The van der Waals surface area contributed by atoms with Crippen LogP contribution >= 0.6 is 0 Å². The van der Waals surface area contributed by atoms with Gasteiger partial charge in [0.15, 0.2) is 0 Å². The Bertz CT molecular complexity index is 443. The number of nitrogens with zero attached hydrogens (tertiary/aromatic N) is 1. The van der Waals surface area contributed by atoms with Gasteiger partial charge in [-0.25, -0.2) is 0 Å². The molecule has 0 fully saturated rings. The topological polar surface area (TPSA) is 68.0 Å². The number of nitrogens with one attached hydrogen (secondary N) is 1. The molecule has 1 aromatic heterocycles. The zero-order valence-electron chi connectivity index (χ0n) is 11.4. The molecule has 7 heteroatoms. The van der Waals surface area contributed by atoms with Gasteiger partial charge in [-0.05, 0) is 31.0 Å². The van der Waals surface area contributed by atoms with Gasteiger partial charge in [0.2, 0.25) is 0 Å². The van der Waals surface area contributed by atoms with Crippen LogP contribution in [0.15, 0.2) is 18.3 Å². The van der Waals surface area contributed by atoms with Crippen molar-refractivity contribution in [1.29, 1.82) is 0 Å². The van der Waals surface area contributed by atoms with Crippen LogP contribution in [-0.4, -0.2) is 23.5 Å². The second-order valence-corrected chi connectivity index (χ2v) is 4.83. The van der Waals surface area contributed by atoms with Crippen LogP contribution in [0, 0.1) is 5.92 Å². The lowest BCUT2D eigenvalue weighted by Crippen LogP contribution is -2.40. The molecule has 0 aliphatic heterocycles. The van der Waals surface area contributed by atoms with Crippen LogP contribution in [0.1, 0.15) is 36.3 Å². The van der Waals surface area contributed by atoms with E-state index < -0.39 is 17.6 Å². The average Bonchev–Trinajstić information content (AvgIpc) is 2.37. The predicted molar refractivity (Wildman–Crippen MR) is 69.0 cm³/mol. The van der Waals surface area contributed by atoms with Gasteiger partial charge >= 0.3 is 6.18 Å². The number of rotatable bonds is 5. The van der Waals surface area contributed by atoms with Crippen molar-refractivity contribution in [2.75, 3.05) is 6.54 Å². The molecule has 0 spiro atoms. The van der Waals surface area contributed by atoms with E-state index >= 15 is 0 Å². The second kappa shape index (κ2) is 6.69. The van der Waals surface area contributed by atoms with Gasteiger partial charge in [0.05, 0.1) is 5.56 Å². The molecule has 1 amide bonds. The van der Waals surface area contributed by atoms with E-state index in [1.54, 1.807) is 0 Å². The van der Waals surface area contributed by atoms with Gasteiger partial charge in [0.1, 0.15) is 5.69 Å². The number of alkyl halides is 3. The van der Waals surface area contributed by atoms with Crippen LogP contribution < -0.4 is 11.1 Å². The zero-order valence-corrected chi connectivity index (χ0v) is 11.4. The van der Waals surface area contributed by atoms with Crippen LogP contribution in [0.2, 0.25) is 0 Å². The van der Waals surface area contributed by atoms with E-state index in [-0.39, 0.29) is 17.7 Å². The molecule has 0 saturated carbocycles. The Morgan fingerprint density at radius 1 is 1.40 bits per heavy atom. The summed E-state index contributed by atoms with van der Waals surface area (Å²) in [7, 11) is 0. The molecule has 3 N–H and O–H groups in total. The summed E-state index contributed by atoms with van der Waals surface area (Å²) in [6.07, 6.45) is -3.20. The smallest absolute Gasteiger partial charge is 0.348 e. The summed E-state index contributed by atoms with van der Waals surface area (Å²) in [5, 5.41) is 2.73. The summed E-state index contributed by atoms with van der Waals surface area (Å²) in [5.74, 6) is -0.317. The van der Waals surface area contributed by atoms with Gasteiger partial charge in [-0.1, -0.05) is 13.8 Å². The number of carbonyl (C=O) groups is 1. The van der Waals surface area contributed by atoms with E-state index in [1.165, 1.54) is 0 Å². The molecule has 0 bridgehead atoms. The number of halogens is 3. The standard InChI is InChI=1S/C13H18F3N3O/c1-8(2)10(5-6-17)19-12(20)11-4-3-9(7-18-11)13(14,15)16/h3-4,7-8,10H,5-6,17H2,1-2H3,(H,19,20). The number of pyridine rings is 1. The first kappa shape index (κ1) is 16.4. The highest BCUT2D eigenvalue weighted by Crippen LogP contribution is 2.28. The lowest BCUT2D eigenvalue weighted by molar-refractivity contribution is -0.137. The highest BCUT2D eigenvalue weighted by Gasteiger charge is 2.31. The Morgan fingerprint density at radius 3 is 2.45 bits per heavy atom. The van der Waals surface area contributed by atoms with Crippen LogP contribution in [0.3, 0.4) is 0 Å². The quantitative estimate of drug-likeness (QED) is 0.873. The SMILES string of the molecule is CC(C)C(CCN)NC(=O)c1ccc(C(F)(F)F)cn1. The Hall–Kier alpha value is -1.63. The Labute approximate surface area is 115 Å². The Kier molecular flexibility index (Phi) is 5.50. The van der Waals surface area contributed by atoms with Crippen molar-refractivity contribution < 1.29 is 18.0 Å². The van der Waals surface area contributed by atoms with Crippen molar-refractivity contribution in [1.82, 2.24) is 10.3 Å². The first-order valence-electron chi connectivity index (χ1n) is 6.30. The summed E-state index contributed by atoms with van der Waals surface area (Å²) >= 11 is 0. The van der Waals surface area contributed by atoms with Crippen molar-refractivity contribution in [3.8, 4) is 0 Å². The van der Waals surface area contributed by atoms with E-state index in [2.05, 4.69) is 10.3 Å². The summed E-state index contributed by atoms with van der Waals surface area (Å²) in [5.41, 5.74) is 4.54. The number of hydrogen-bond acceptors (Lipinski definition) is 3. The second-order valence-electron chi connectivity index (χ2n) is 4.83. The number of nitrogens with two attached hydrogens (primary N) is 1. The maximum absolute atomic E-state index is 12.4. The third-order valence-corrected chi connectivity index (χ3v) is 2.92. The molecule has 0 aromatic carbocycles. The summed E-state index contributed by atoms with van der Waals surface area (Å²) < 4.78 is 37.1. The molecule has 4 nitrogen and oxygen atoms in total. The van der Waals surface area contributed by atoms with E-state index in [9.17, 15) is 18.0 Å². The van der Waals surface area contributed by atoms with Crippen molar-refractivity contribution in [2.24, 2.45) is 11.7 Å². The van der Waals surface area contributed by atoms with Gasteiger partial charge in [-0.3, -0.25) is 9.78 Å². The normalized spacial score (nSPS) is 13.3. The summed E-state index contributed by atoms with van der Waals surface area (Å²) in [6.45, 7) is 4.28. The minimum atomic E-state index is -4.46. The van der Waals surface area contributed by atoms with Gasteiger partial charge in [-0.15, -0.1) is 0 Å². The molecule has 1 rings (SSSR count). The summed E-state index contributed by atoms with van der Waals surface area (Å²) in [4.78, 5) is 15.5. The Balaban J connectivity index is 2.77. The predicted octanol–water partition coefficient (Wildman–Crippen LogP) is 2.20. The largest absolute Gasteiger partial charge is 0.417 e. The highest BCUT2D eigenvalue weighted by molar-refractivity contribution is 5.92. The number of carbonyl (C=O) groups excluding carboxylic acids is 1. The fourth-order valence-electron chi connectivity index (χ4n) is 1.69. The minimum Gasteiger partial charge on any atom is -0.348 e. The van der Waals surface area contributed by atoms with Crippen LogP contribution in [-0.2, 0) is 6.18 Å². The van der Waals surface area contributed by atoms with Crippen molar-refractivity contribution in [3.63, 3.8) is 0 Å². The van der Waals surface area contributed by atoms with E-state index in [0.29, 0.717) is 19.2 Å². The molecule has 20 heavy (non-hydrogen) atoms. The van der Waals surface area contributed by atoms with Crippen molar-refractivity contribution in [3.05, 3.63) is 29.6 Å². The maximum Gasteiger partial charge on any atom is 0.417 e. The summed E-state index contributed by atoms with van der Waals surface area (Å²) in [6, 6.07) is 1.78. The van der Waals surface area contributed by atoms with Crippen LogP contribution in [0.5, 0.6) is 0 Å². The molecule has 0 aliphatic rings. The van der Waals surface area contributed by atoms with Gasteiger partial charge in [0, 0.05) is 12.2 Å². The van der Waals surface area contributed by atoms with Crippen molar-refractivity contribution in [2.45, 2.75) is 32.5 Å². The van der Waals surface area contributed by atoms with E-state index in [0.717, 1.165) is 12.1 Å². The lowest BCUT2D eigenvalue weighted by Gasteiger charge is -2.21. The van der Waals surface area contributed by atoms with Gasteiger partial charge in [0.25, 0.3) is 5.91 Å². The maximum atomic E-state index is 12.4. The molecule has 1 heterocycles. The average molecular weight is 289 g/mol. The fraction of sp³-hybridized carbons (Fsp3) is 0.538. The van der Waals surface area contributed by atoms with E-state index in [1.807, 2.05) is 13.8 Å². The number of aromatic nitrogens is 1. The molecule has 1 aromatic rings. The third-order valence-electron chi connectivity index (χ3n) is 2.92. The fourth-order valence-corrected chi connectivity index (χ4v) is 1.69. The first-order chi connectivity index (χ1) is 9.25. The lowest BCUT2D eigenvalue weighted by atomic mass is 10.0. The number of amides is 1. The Morgan fingerprint density at radius 2 is 2.05 bits per heavy atom. The zero-order chi connectivity index (χ0) is 15.3. The number of hydrogen-bond donors (Lipinski definition) is 2. The molecule has 112 valence electrons. The third kappa shape index (κ3) is 4.48. The molecule has 0 saturated heterocycles.